The molecule has 0 fully saturated rings. The number of rotatable bonds is 6. The summed E-state index contributed by atoms with van der Waals surface area (Å²) >= 11 is 7.20. The zero-order valence-electron chi connectivity index (χ0n) is 10.3. The van der Waals surface area contributed by atoms with Crippen LogP contribution >= 0.6 is 39.0 Å². The first kappa shape index (κ1) is 14.1. The van der Waals surface area contributed by atoms with E-state index < -0.39 is 0 Å². The van der Waals surface area contributed by atoms with Crippen LogP contribution in [0.15, 0.2) is 45.8 Å². The minimum atomic E-state index is 0.986. The standard InChI is InChI=1S/C14H16BrNS2/c1-11-2-5-14(18-11)10-16-8-9-17-13-6-3-12(15)4-7-13/h2-7,16H,8-10H2,1H3. The highest BCUT2D eigenvalue weighted by Crippen LogP contribution is 2.20. The van der Waals surface area contributed by atoms with Gasteiger partial charge in [0.2, 0.25) is 0 Å². The lowest BCUT2D eigenvalue weighted by molar-refractivity contribution is 0.741. The van der Waals surface area contributed by atoms with Gasteiger partial charge < -0.3 is 5.32 Å². The van der Waals surface area contributed by atoms with E-state index >= 15 is 0 Å². The van der Waals surface area contributed by atoms with Crippen LogP contribution in [0.1, 0.15) is 9.75 Å². The molecule has 1 N–H and O–H groups in total. The number of thiophene rings is 1. The third-order valence-electron chi connectivity index (χ3n) is 2.46. The number of thioether (sulfide) groups is 1. The van der Waals surface area contributed by atoms with Gasteiger partial charge in [-0.05, 0) is 43.3 Å². The molecule has 0 saturated heterocycles. The predicted octanol–water partition coefficient (Wildman–Crippen LogP) is 4.70. The van der Waals surface area contributed by atoms with Crippen molar-refractivity contribution in [1.29, 1.82) is 0 Å². The van der Waals surface area contributed by atoms with Crippen molar-refractivity contribution in [2.45, 2.75) is 18.4 Å². The van der Waals surface area contributed by atoms with Gasteiger partial charge in [-0.2, -0.15) is 0 Å². The summed E-state index contributed by atoms with van der Waals surface area (Å²) in [5.74, 6) is 1.10. The molecule has 0 atom stereocenters. The summed E-state index contributed by atoms with van der Waals surface area (Å²) in [5, 5.41) is 3.48. The molecule has 0 amide bonds. The smallest absolute Gasteiger partial charge is 0.0300 e. The average Bonchev–Trinajstić information content (AvgIpc) is 2.77. The molecule has 0 aliphatic heterocycles. The van der Waals surface area contributed by atoms with Gasteiger partial charge in [0.25, 0.3) is 0 Å². The van der Waals surface area contributed by atoms with E-state index in [2.05, 4.69) is 64.6 Å². The summed E-state index contributed by atoms with van der Waals surface area (Å²) in [5.41, 5.74) is 0. The second kappa shape index (κ2) is 7.34. The molecular weight excluding hydrogens is 326 g/mol. The van der Waals surface area contributed by atoms with Crippen molar-refractivity contribution in [1.82, 2.24) is 5.32 Å². The first-order valence-corrected chi connectivity index (χ1v) is 8.48. The molecule has 0 spiro atoms. The molecule has 1 aromatic carbocycles. The third-order valence-corrected chi connectivity index (χ3v) is 5.00. The molecule has 0 unspecified atom stereocenters. The van der Waals surface area contributed by atoms with Gasteiger partial charge in [-0.25, -0.2) is 0 Å². The Morgan fingerprint density at radius 2 is 1.94 bits per heavy atom. The molecule has 0 radical (unpaired) electrons. The van der Waals surface area contributed by atoms with Gasteiger partial charge in [-0.3, -0.25) is 0 Å². The van der Waals surface area contributed by atoms with Gasteiger partial charge in [-0.1, -0.05) is 15.9 Å². The molecule has 2 aromatic rings. The first-order valence-electron chi connectivity index (χ1n) is 5.88. The number of halogens is 1. The average molecular weight is 342 g/mol. The van der Waals surface area contributed by atoms with E-state index in [1.165, 1.54) is 14.6 Å². The van der Waals surface area contributed by atoms with Crippen molar-refractivity contribution in [2.75, 3.05) is 12.3 Å². The van der Waals surface area contributed by atoms with Crippen LogP contribution in [0.3, 0.4) is 0 Å². The van der Waals surface area contributed by atoms with Crippen molar-refractivity contribution >= 4 is 39.0 Å². The fourth-order valence-corrected chi connectivity index (χ4v) is 3.50. The Morgan fingerprint density at radius 1 is 1.17 bits per heavy atom. The van der Waals surface area contributed by atoms with Gasteiger partial charge >= 0.3 is 0 Å². The highest BCUT2D eigenvalue weighted by atomic mass is 79.9. The van der Waals surface area contributed by atoms with Crippen LogP contribution in [0.5, 0.6) is 0 Å². The number of aryl methyl sites for hydroxylation is 1. The fraction of sp³-hybridized carbons (Fsp3) is 0.286. The summed E-state index contributed by atoms with van der Waals surface area (Å²) in [6.45, 7) is 4.18. The maximum atomic E-state index is 3.48. The lowest BCUT2D eigenvalue weighted by Crippen LogP contribution is -2.15. The predicted molar refractivity (Wildman–Crippen MR) is 85.6 cm³/mol. The van der Waals surface area contributed by atoms with Gasteiger partial charge in [0.1, 0.15) is 0 Å². The zero-order chi connectivity index (χ0) is 12.8. The maximum absolute atomic E-state index is 3.48. The van der Waals surface area contributed by atoms with Crippen molar-refractivity contribution in [3.8, 4) is 0 Å². The number of nitrogens with one attached hydrogen (secondary N) is 1. The first-order chi connectivity index (χ1) is 8.74. The summed E-state index contributed by atoms with van der Waals surface area (Å²) < 4.78 is 1.14. The van der Waals surface area contributed by atoms with Crippen LogP contribution in [0, 0.1) is 6.92 Å². The van der Waals surface area contributed by atoms with E-state index in [-0.39, 0.29) is 0 Å². The Bertz CT molecular complexity index is 479. The molecule has 0 saturated carbocycles. The molecule has 2 rings (SSSR count). The van der Waals surface area contributed by atoms with Gasteiger partial charge in [0.05, 0.1) is 0 Å². The number of hydrogen-bond donors (Lipinski definition) is 1. The Kier molecular flexibility index (Phi) is 5.76. The minimum absolute atomic E-state index is 0.986. The largest absolute Gasteiger partial charge is 0.311 e. The third kappa shape index (κ3) is 4.76. The van der Waals surface area contributed by atoms with Crippen LogP contribution in [0.2, 0.25) is 0 Å². The minimum Gasteiger partial charge on any atom is -0.311 e. The van der Waals surface area contributed by atoms with E-state index in [4.69, 9.17) is 0 Å². The lowest BCUT2D eigenvalue weighted by atomic mass is 10.4. The Morgan fingerprint density at radius 3 is 2.61 bits per heavy atom. The Hall–Kier alpha value is -0.290. The molecule has 1 aromatic heterocycles. The topological polar surface area (TPSA) is 12.0 Å². The number of hydrogen-bond acceptors (Lipinski definition) is 3. The zero-order valence-corrected chi connectivity index (χ0v) is 13.5. The highest BCUT2D eigenvalue weighted by Gasteiger charge is 1.97. The van der Waals surface area contributed by atoms with E-state index in [0.29, 0.717) is 0 Å². The van der Waals surface area contributed by atoms with E-state index in [9.17, 15) is 0 Å². The molecule has 0 bridgehead atoms. The Labute approximate surface area is 125 Å². The van der Waals surface area contributed by atoms with E-state index in [0.717, 1.165) is 23.3 Å². The van der Waals surface area contributed by atoms with E-state index in [1.54, 1.807) is 0 Å². The summed E-state index contributed by atoms with van der Waals surface area (Å²) in [4.78, 5) is 4.13. The second-order valence-corrected chi connectivity index (χ2v) is 7.45. The molecule has 0 aliphatic rings. The summed E-state index contributed by atoms with van der Waals surface area (Å²) in [6, 6.07) is 12.9. The van der Waals surface area contributed by atoms with Crippen molar-refractivity contribution < 1.29 is 0 Å². The summed E-state index contributed by atoms with van der Waals surface area (Å²) in [6.07, 6.45) is 0. The van der Waals surface area contributed by atoms with Crippen LogP contribution in [0.4, 0.5) is 0 Å². The second-order valence-electron chi connectivity index (χ2n) is 3.99. The molecular formula is C14H16BrNS2. The molecule has 4 heteroatoms. The van der Waals surface area contributed by atoms with Gasteiger partial charge in [-0.15, -0.1) is 23.1 Å². The molecule has 18 heavy (non-hydrogen) atoms. The monoisotopic (exact) mass is 341 g/mol. The van der Waals surface area contributed by atoms with Crippen LogP contribution in [-0.2, 0) is 6.54 Å². The maximum Gasteiger partial charge on any atom is 0.0300 e. The molecule has 96 valence electrons. The summed E-state index contributed by atoms with van der Waals surface area (Å²) in [7, 11) is 0. The number of benzene rings is 1. The normalized spacial score (nSPS) is 10.8. The van der Waals surface area contributed by atoms with E-state index in [1.807, 2.05) is 23.1 Å². The SMILES string of the molecule is Cc1ccc(CNCCSc2ccc(Br)cc2)s1. The quantitative estimate of drug-likeness (QED) is 0.603. The van der Waals surface area contributed by atoms with Crippen molar-refractivity contribution in [3.05, 3.63) is 50.6 Å². The highest BCUT2D eigenvalue weighted by molar-refractivity contribution is 9.10. The fourth-order valence-electron chi connectivity index (χ4n) is 1.56. The Balaban J connectivity index is 1.63. The van der Waals surface area contributed by atoms with Crippen molar-refractivity contribution in [2.24, 2.45) is 0 Å². The molecule has 1 nitrogen and oxygen atoms in total. The van der Waals surface area contributed by atoms with Crippen molar-refractivity contribution in [3.63, 3.8) is 0 Å². The van der Waals surface area contributed by atoms with Gasteiger partial charge in [0.15, 0.2) is 0 Å². The van der Waals surface area contributed by atoms with Crippen LogP contribution < -0.4 is 5.32 Å². The molecule has 1 heterocycles. The van der Waals surface area contributed by atoms with Gasteiger partial charge in [0, 0.05) is 38.0 Å². The van der Waals surface area contributed by atoms with Crippen LogP contribution in [-0.4, -0.2) is 12.3 Å². The lowest BCUT2D eigenvalue weighted by Gasteiger charge is -2.03. The molecule has 0 aliphatic carbocycles. The van der Waals surface area contributed by atoms with Crippen LogP contribution in [0.25, 0.3) is 0 Å².